The minimum absolute atomic E-state index is 0.722. The first kappa shape index (κ1) is 16.0. The Morgan fingerprint density at radius 1 is 0.808 bits per heavy atom. The first-order valence-electron chi connectivity index (χ1n) is 10.1. The second kappa shape index (κ2) is 6.86. The Hall–Kier alpha value is -2.16. The fourth-order valence-corrected chi connectivity index (χ4v) is 4.02. The topological polar surface area (TPSA) is 30.5 Å². The van der Waals surface area contributed by atoms with Gasteiger partial charge in [-0.1, -0.05) is 31.0 Å². The van der Waals surface area contributed by atoms with E-state index in [2.05, 4.69) is 41.7 Å². The normalized spacial score (nSPS) is 18.8. The lowest BCUT2D eigenvalue weighted by Crippen LogP contribution is -2.21. The third kappa shape index (κ3) is 3.04. The second-order valence-corrected chi connectivity index (χ2v) is 8.07. The van der Waals surface area contributed by atoms with E-state index >= 15 is 0 Å². The van der Waals surface area contributed by atoms with E-state index in [-0.39, 0.29) is 0 Å². The molecule has 1 heterocycles. The van der Waals surface area contributed by atoms with E-state index in [1.807, 2.05) is 0 Å². The molecule has 2 aromatic carbocycles. The quantitative estimate of drug-likeness (QED) is 0.732. The van der Waals surface area contributed by atoms with E-state index < -0.39 is 0 Å². The molecule has 3 aliphatic rings. The molecule has 1 aliphatic heterocycles. The zero-order valence-corrected chi connectivity index (χ0v) is 15.3. The summed E-state index contributed by atoms with van der Waals surface area (Å²) in [6.45, 7) is 2.48. The minimum atomic E-state index is 0.722. The summed E-state index contributed by atoms with van der Waals surface area (Å²) in [5.41, 5.74) is 5.03. The lowest BCUT2D eigenvalue weighted by Gasteiger charge is -2.29. The highest BCUT2D eigenvalue weighted by atomic mass is 16.5. The maximum atomic E-state index is 6.26. The highest BCUT2D eigenvalue weighted by Gasteiger charge is 2.23. The van der Waals surface area contributed by atoms with Crippen molar-refractivity contribution in [2.24, 2.45) is 11.8 Å². The number of para-hydroxylation sites is 1. The van der Waals surface area contributed by atoms with E-state index in [0.717, 1.165) is 43.1 Å². The molecular formula is C23H27NO2. The van der Waals surface area contributed by atoms with Gasteiger partial charge in [0, 0.05) is 17.8 Å². The van der Waals surface area contributed by atoms with Gasteiger partial charge in [-0.15, -0.1) is 0 Å². The average Bonchev–Trinajstić information content (AvgIpc) is 2.59. The molecular weight excluding hydrogens is 322 g/mol. The maximum absolute atomic E-state index is 6.26. The molecule has 26 heavy (non-hydrogen) atoms. The van der Waals surface area contributed by atoms with E-state index in [1.165, 1.54) is 60.9 Å². The van der Waals surface area contributed by atoms with Crippen molar-refractivity contribution >= 4 is 5.69 Å². The predicted molar refractivity (Wildman–Crippen MR) is 105 cm³/mol. The van der Waals surface area contributed by atoms with Gasteiger partial charge in [0.2, 0.25) is 0 Å². The monoisotopic (exact) mass is 349 g/mol. The van der Waals surface area contributed by atoms with Crippen molar-refractivity contribution < 1.29 is 9.47 Å². The van der Waals surface area contributed by atoms with Crippen LogP contribution in [0.1, 0.15) is 44.1 Å². The van der Waals surface area contributed by atoms with Crippen molar-refractivity contribution in [2.75, 3.05) is 18.5 Å². The van der Waals surface area contributed by atoms with Crippen LogP contribution in [0.5, 0.6) is 11.5 Å². The largest absolute Gasteiger partial charge is 0.489 e. The summed E-state index contributed by atoms with van der Waals surface area (Å²) in [4.78, 5) is 0. The van der Waals surface area contributed by atoms with Crippen LogP contribution < -0.4 is 14.8 Å². The van der Waals surface area contributed by atoms with Crippen molar-refractivity contribution in [3.05, 3.63) is 42.0 Å². The maximum Gasteiger partial charge on any atom is 0.161 e. The van der Waals surface area contributed by atoms with Crippen molar-refractivity contribution in [3.63, 3.8) is 0 Å². The number of fused-ring (bicyclic) bond motifs is 3. The molecule has 0 radical (unpaired) electrons. The predicted octanol–water partition coefficient (Wildman–Crippen LogP) is 5.64. The fraction of sp³-hybridized carbons (Fsp3) is 0.478. The highest BCUT2D eigenvalue weighted by Crippen LogP contribution is 2.42. The summed E-state index contributed by atoms with van der Waals surface area (Å²) in [6, 6.07) is 12.9. The van der Waals surface area contributed by atoms with Gasteiger partial charge in [0.1, 0.15) is 0 Å². The van der Waals surface area contributed by atoms with Gasteiger partial charge < -0.3 is 14.8 Å². The van der Waals surface area contributed by atoms with Crippen molar-refractivity contribution in [1.82, 2.24) is 0 Å². The van der Waals surface area contributed by atoms with Crippen LogP contribution in [0.2, 0.25) is 0 Å². The zero-order valence-electron chi connectivity index (χ0n) is 15.3. The Morgan fingerprint density at radius 3 is 2.12 bits per heavy atom. The number of ether oxygens (including phenoxy) is 2. The molecule has 2 aromatic rings. The van der Waals surface area contributed by atoms with Gasteiger partial charge in [-0.05, 0) is 66.8 Å². The SMILES string of the molecule is c1ccc2c(c1)NCc1cc(OCC3CCC3)c(OCC3CCC3)cc1-2. The number of benzene rings is 2. The smallest absolute Gasteiger partial charge is 0.161 e. The van der Waals surface area contributed by atoms with Gasteiger partial charge in [0.05, 0.1) is 13.2 Å². The van der Waals surface area contributed by atoms with Gasteiger partial charge in [0.25, 0.3) is 0 Å². The molecule has 0 bridgehead atoms. The van der Waals surface area contributed by atoms with E-state index in [1.54, 1.807) is 0 Å². The third-order valence-corrected chi connectivity index (χ3v) is 6.25. The molecule has 1 N–H and O–H groups in total. The number of anilines is 1. The molecule has 0 atom stereocenters. The van der Waals surface area contributed by atoms with Gasteiger partial charge in [-0.2, -0.15) is 0 Å². The molecule has 0 spiro atoms. The van der Waals surface area contributed by atoms with Crippen LogP contribution >= 0.6 is 0 Å². The zero-order chi connectivity index (χ0) is 17.3. The van der Waals surface area contributed by atoms with Crippen LogP contribution in [0.15, 0.2) is 36.4 Å². The summed E-state index contributed by atoms with van der Waals surface area (Å²) in [5.74, 6) is 3.30. The van der Waals surface area contributed by atoms with E-state index in [0.29, 0.717) is 0 Å². The molecule has 0 unspecified atom stereocenters. The Balaban J connectivity index is 1.44. The van der Waals surface area contributed by atoms with Crippen LogP contribution in [0.3, 0.4) is 0 Å². The lowest BCUT2D eigenvalue weighted by molar-refractivity contribution is 0.155. The van der Waals surface area contributed by atoms with Crippen LogP contribution in [-0.4, -0.2) is 13.2 Å². The Bertz CT molecular complexity index is 793. The number of hydrogen-bond acceptors (Lipinski definition) is 3. The summed E-state index contributed by atoms with van der Waals surface area (Å²) >= 11 is 0. The Kier molecular flexibility index (Phi) is 4.24. The first-order chi connectivity index (χ1) is 12.9. The van der Waals surface area contributed by atoms with Gasteiger partial charge in [-0.25, -0.2) is 0 Å². The number of nitrogens with one attached hydrogen (secondary N) is 1. The molecule has 3 heteroatoms. The molecule has 136 valence electrons. The molecule has 5 rings (SSSR count). The molecule has 2 saturated carbocycles. The molecule has 2 fully saturated rings. The summed E-state index contributed by atoms with van der Waals surface area (Å²) in [6.07, 6.45) is 7.91. The van der Waals surface area contributed by atoms with Crippen molar-refractivity contribution in [2.45, 2.75) is 45.1 Å². The van der Waals surface area contributed by atoms with Crippen LogP contribution in [0.25, 0.3) is 11.1 Å². The summed E-state index contributed by atoms with van der Waals surface area (Å²) in [5, 5.41) is 3.52. The van der Waals surface area contributed by atoms with E-state index in [9.17, 15) is 0 Å². The minimum Gasteiger partial charge on any atom is -0.489 e. The van der Waals surface area contributed by atoms with E-state index in [4.69, 9.17) is 9.47 Å². The average molecular weight is 349 g/mol. The van der Waals surface area contributed by atoms with Gasteiger partial charge in [-0.3, -0.25) is 0 Å². The summed E-state index contributed by atoms with van der Waals surface area (Å²) < 4.78 is 12.5. The Morgan fingerprint density at radius 2 is 1.46 bits per heavy atom. The van der Waals surface area contributed by atoms with Crippen molar-refractivity contribution in [1.29, 1.82) is 0 Å². The van der Waals surface area contributed by atoms with Gasteiger partial charge in [0.15, 0.2) is 11.5 Å². The van der Waals surface area contributed by atoms with Crippen LogP contribution in [0.4, 0.5) is 5.69 Å². The number of rotatable bonds is 6. The summed E-state index contributed by atoms with van der Waals surface area (Å²) in [7, 11) is 0. The molecule has 3 nitrogen and oxygen atoms in total. The molecule has 0 saturated heterocycles. The molecule has 2 aliphatic carbocycles. The van der Waals surface area contributed by atoms with Crippen LogP contribution in [0, 0.1) is 11.8 Å². The number of hydrogen-bond donors (Lipinski definition) is 1. The lowest BCUT2D eigenvalue weighted by atomic mass is 9.86. The van der Waals surface area contributed by atoms with Crippen molar-refractivity contribution in [3.8, 4) is 22.6 Å². The molecule has 0 amide bonds. The first-order valence-corrected chi connectivity index (χ1v) is 10.1. The standard InChI is InChI=1S/C23H27NO2/c1-2-10-21-19(9-1)20-12-23(26-15-17-7-4-8-17)22(11-18(20)13-24-21)25-14-16-5-3-6-16/h1-2,9-12,16-17,24H,3-8,13-15H2. The third-order valence-electron chi connectivity index (χ3n) is 6.25. The fourth-order valence-electron chi connectivity index (χ4n) is 4.02. The Labute approximate surface area is 155 Å². The van der Waals surface area contributed by atoms with Crippen LogP contribution in [-0.2, 0) is 6.54 Å². The molecule has 0 aromatic heterocycles. The highest BCUT2D eigenvalue weighted by molar-refractivity contribution is 5.84. The second-order valence-electron chi connectivity index (χ2n) is 8.07. The van der Waals surface area contributed by atoms with Gasteiger partial charge >= 0.3 is 0 Å².